The van der Waals surface area contributed by atoms with Gasteiger partial charge in [0.1, 0.15) is 0 Å². The molecule has 0 amide bonds. The maximum atomic E-state index is 5.33. The van der Waals surface area contributed by atoms with Crippen LogP contribution >= 0.6 is 0 Å². The number of benzene rings is 1. The lowest BCUT2D eigenvalue weighted by atomic mass is 9.96. The second-order valence-electron chi connectivity index (χ2n) is 5.77. The quantitative estimate of drug-likeness (QED) is 0.753. The Hall–Kier alpha value is -2.53. The lowest BCUT2D eigenvalue weighted by molar-refractivity contribution is 0.338. The summed E-state index contributed by atoms with van der Waals surface area (Å²) in [6.45, 7) is 4.92. The molecule has 0 aliphatic heterocycles. The highest BCUT2D eigenvalue weighted by Crippen LogP contribution is 2.22. The number of hydrogen-bond donors (Lipinski definition) is 1. The summed E-state index contributed by atoms with van der Waals surface area (Å²) in [6.07, 6.45) is 3.45. The third-order valence-electron chi connectivity index (χ3n) is 3.69. The van der Waals surface area contributed by atoms with Gasteiger partial charge in [-0.15, -0.1) is 0 Å². The Kier molecular flexibility index (Phi) is 4.78. The van der Waals surface area contributed by atoms with Gasteiger partial charge in [0.25, 0.3) is 0 Å². The van der Waals surface area contributed by atoms with Crippen molar-refractivity contribution in [3.8, 4) is 11.4 Å². The first kappa shape index (κ1) is 15.4. The van der Waals surface area contributed by atoms with Crippen molar-refractivity contribution in [1.82, 2.24) is 20.4 Å². The molecule has 0 bridgehead atoms. The van der Waals surface area contributed by atoms with E-state index in [2.05, 4.69) is 58.6 Å². The van der Waals surface area contributed by atoms with Crippen LogP contribution in [0.25, 0.3) is 11.4 Å². The van der Waals surface area contributed by atoms with Crippen molar-refractivity contribution in [1.29, 1.82) is 0 Å². The maximum Gasteiger partial charge on any atom is 0.240 e. The lowest BCUT2D eigenvalue weighted by Gasteiger charge is -2.22. The molecule has 0 aliphatic rings. The Bertz CT molecular complexity index is 725. The van der Waals surface area contributed by atoms with Gasteiger partial charge in [0, 0.05) is 24.0 Å². The fourth-order valence-electron chi connectivity index (χ4n) is 2.54. The molecule has 0 spiro atoms. The van der Waals surface area contributed by atoms with E-state index in [1.165, 1.54) is 5.56 Å². The van der Waals surface area contributed by atoms with E-state index in [0.717, 1.165) is 5.56 Å². The second-order valence-corrected chi connectivity index (χ2v) is 5.77. The van der Waals surface area contributed by atoms with E-state index in [0.29, 0.717) is 24.2 Å². The van der Waals surface area contributed by atoms with Gasteiger partial charge in [-0.05, 0) is 23.6 Å². The first-order chi connectivity index (χ1) is 11.2. The molecular weight excluding hydrogens is 288 g/mol. The van der Waals surface area contributed by atoms with Gasteiger partial charge in [-0.1, -0.05) is 49.3 Å². The maximum absolute atomic E-state index is 5.33. The van der Waals surface area contributed by atoms with Gasteiger partial charge in [-0.25, -0.2) is 0 Å². The van der Waals surface area contributed by atoms with Crippen molar-refractivity contribution < 1.29 is 4.52 Å². The van der Waals surface area contributed by atoms with Gasteiger partial charge in [0.15, 0.2) is 0 Å². The summed E-state index contributed by atoms with van der Waals surface area (Å²) >= 11 is 0. The normalized spacial score (nSPS) is 12.5. The molecule has 3 aromatic rings. The van der Waals surface area contributed by atoms with Crippen molar-refractivity contribution in [3.63, 3.8) is 0 Å². The van der Waals surface area contributed by atoms with Crippen molar-refractivity contribution in [3.05, 3.63) is 66.3 Å². The van der Waals surface area contributed by atoms with Crippen LogP contribution in [0.5, 0.6) is 0 Å². The molecule has 2 aromatic heterocycles. The Balaban J connectivity index is 1.69. The predicted molar refractivity (Wildman–Crippen MR) is 88.4 cm³/mol. The van der Waals surface area contributed by atoms with Crippen LogP contribution in [-0.4, -0.2) is 15.1 Å². The standard InChI is InChI=1S/C18H20N4O/c1-13(2)17(14-7-4-3-5-8-14)20-12-16-21-18(22-23-16)15-9-6-10-19-11-15/h3-11,13,17,20H,12H2,1-2H3. The molecule has 0 fully saturated rings. The van der Waals surface area contributed by atoms with Crippen LogP contribution < -0.4 is 5.32 Å². The van der Waals surface area contributed by atoms with Crippen LogP contribution in [0.2, 0.25) is 0 Å². The first-order valence-corrected chi connectivity index (χ1v) is 7.75. The van der Waals surface area contributed by atoms with Crippen LogP contribution in [0.15, 0.2) is 59.4 Å². The van der Waals surface area contributed by atoms with Crippen molar-refractivity contribution in [2.45, 2.75) is 26.4 Å². The topological polar surface area (TPSA) is 63.8 Å². The van der Waals surface area contributed by atoms with E-state index in [4.69, 9.17) is 4.52 Å². The molecule has 0 saturated heterocycles. The molecule has 118 valence electrons. The Morgan fingerprint density at radius 3 is 2.61 bits per heavy atom. The Labute approximate surface area is 135 Å². The first-order valence-electron chi connectivity index (χ1n) is 7.75. The molecule has 23 heavy (non-hydrogen) atoms. The minimum atomic E-state index is 0.241. The van der Waals surface area contributed by atoms with E-state index in [1.807, 2.05) is 18.2 Å². The number of hydrogen-bond acceptors (Lipinski definition) is 5. The third-order valence-corrected chi connectivity index (χ3v) is 3.69. The summed E-state index contributed by atoms with van der Waals surface area (Å²) in [5, 5.41) is 7.52. The summed E-state index contributed by atoms with van der Waals surface area (Å²) < 4.78 is 5.33. The van der Waals surface area contributed by atoms with Crippen LogP contribution in [0, 0.1) is 5.92 Å². The molecule has 0 saturated carbocycles. The number of aromatic nitrogens is 3. The highest BCUT2D eigenvalue weighted by molar-refractivity contribution is 5.51. The summed E-state index contributed by atoms with van der Waals surface area (Å²) in [7, 11) is 0. The zero-order chi connectivity index (χ0) is 16.1. The van der Waals surface area contributed by atoms with Gasteiger partial charge in [-0.3, -0.25) is 4.98 Å². The summed E-state index contributed by atoms with van der Waals surface area (Å²) in [5.74, 6) is 1.60. The summed E-state index contributed by atoms with van der Waals surface area (Å²) in [6, 6.07) is 14.4. The average molecular weight is 308 g/mol. The molecule has 0 radical (unpaired) electrons. The fraction of sp³-hybridized carbons (Fsp3) is 0.278. The molecule has 5 heteroatoms. The minimum Gasteiger partial charge on any atom is -0.338 e. The van der Waals surface area contributed by atoms with Crippen LogP contribution in [0.3, 0.4) is 0 Å². The van der Waals surface area contributed by atoms with E-state index in [-0.39, 0.29) is 6.04 Å². The molecule has 2 heterocycles. The van der Waals surface area contributed by atoms with Gasteiger partial charge >= 0.3 is 0 Å². The van der Waals surface area contributed by atoms with Crippen molar-refractivity contribution >= 4 is 0 Å². The summed E-state index contributed by atoms with van der Waals surface area (Å²) in [4.78, 5) is 8.50. The number of rotatable bonds is 6. The highest BCUT2D eigenvalue weighted by atomic mass is 16.5. The van der Waals surface area contributed by atoms with E-state index in [1.54, 1.807) is 12.4 Å². The SMILES string of the molecule is CC(C)C(NCc1nc(-c2cccnc2)no1)c1ccccc1. The number of nitrogens with zero attached hydrogens (tertiary/aromatic N) is 3. The van der Waals surface area contributed by atoms with Gasteiger partial charge in [-0.2, -0.15) is 4.98 Å². The second kappa shape index (κ2) is 7.15. The molecule has 5 nitrogen and oxygen atoms in total. The molecular formula is C18H20N4O. The molecule has 0 aliphatic carbocycles. The predicted octanol–water partition coefficient (Wildman–Crippen LogP) is 3.62. The van der Waals surface area contributed by atoms with E-state index in [9.17, 15) is 0 Å². The average Bonchev–Trinajstić information content (AvgIpc) is 3.05. The zero-order valence-electron chi connectivity index (χ0n) is 13.3. The minimum absolute atomic E-state index is 0.241. The number of nitrogens with one attached hydrogen (secondary N) is 1. The van der Waals surface area contributed by atoms with Crippen LogP contribution in [0.1, 0.15) is 31.3 Å². The van der Waals surface area contributed by atoms with Crippen molar-refractivity contribution in [2.75, 3.05) is 0 Å². The lowest BCUT2D eigenvalue weighted by Crippen LogP contribution is -2.25. The molecule has 1 atom stereocenters. The Morgan fingerprint density at radius 1 is 1.09 bits per heavy atom. The number of pyridine rings is 1. The fourth-order valence-corrected chi connectivity index (χ4v) is 2.54. The Morgan fingerprint density at radius 2 is 1.91 bits per heavy atom. The largest absolute Gasteiger partial charge is 0.338 e. The van der Waals surface area contributed by atoms with Crippen LogP contribution in [-0.2, 0) is 6.54 Å². The highest BCUT2D eigenvalue weighted by Gasteiger charge is 2.16. The van der Waals surface area contributed by atoms with E-state index < -0.39 is 0 Å². The molecule has 1 unspecified atom stereocenters. The third kappa shape index (κ3) is 3.81. The van der Waals surface area contributed by atoms with Gasteiger partial charge in [0.2, 0.25) is 11.7 Å². The molecule has 3 rings (SSSR count). The smallest absolute Gasteiger partial charge is 0.240 e. The molecule has 1 N–H and O–H groups in total. The van der Waals surface area contributed by atoms with Crippen molar-refractivity contribution in [2.24, 2.45) is 5.92 Å². The monoisotopic (exact) mass is 308 g/mol. The van der Waals surface area contributed by atoms with E-state index >= 15 is 0 Å². The summed E-state index contributed by atoms with van der Waals surface area (Å²) in [5.41, 5.74) is 2.11. The van der Waals surface area contributed by atoms with Gasteiger partial charge < -0.3 is 9.84 Å². The van der Waals surface area contributed by atoms with Gasteiger partial charge in [0.05, 0.1) is 6.54 Å². The zero-order valence-corrected chi connectivity index (χ0v) is 13.3. The molecule has 1 aromatic carbocycles. The van der Waals surface area contributed by atoms with Crippen LogP contribution in [0.4, 0.5) is 0 Å².